The van der Waals surface area contributed by atoms with E-state index in [4.69, 9.17) is 11.6 Å². The van der Waals surface area contributed by atoms with Crippen molar-refractivity contribution in [3.05, 3.63) is 5.51 Å². The van der Waals surface area contributed by atoms with Crippen molar-refractivity contribution in [1.82, 2.24) is 10.2 Å². The van der Waals surface area contributed by atoms with E-state index in [1.165, 1.54) is 11.3 Å². The lowest BCUT2D eigenvalue weighted by atomic mass is 10.3. The summed E-state index contributed by atoms with van der Waals surface area (Å²) in [4.78, 5) is 0. The SMILES string of the molecule is ClCCCCNc1nncs1. The van der Waals surface area contributed by atoms with Crippen LogP contribution >= 0.6 is 22.9 Å². The minimum Gasteiger partial charge on any atom is -0.360 e. The van der Waals surface area contributed by atoms with Gasteiger partial charge in [0.1, 0.15) is 5.51 Å². The van der Waals surface area contributed by atoms with Crippen molar-refractivity contribution in [2.75, 3.05) is 17.7 Å². The second-order valence-electron chi connectivity index (χ2n) is 2.07. The lowest BCUT2D eigenvalue weighted by molar-refractivity contribution is 0.836. The number of rotatable bonds is 5. The summed E-state index contributed by atoms with van der Waals surface area (Å²) < 4.78 is 0. The van der Waals surface area contributed by atoms with Crippen molar-refractivity contribution in [3.63, 3.8) is 0 Å². The van der Waals surface area contributed by atoms with Gasteiger partial charge < -0.3 is 5.32 Å². The van der Waals surface area contributed by atoms with Crippen LogP contribution in [0.2, 0.25) is 0 Å². The lowest BCUT2D eigenvalue weighted by Gasteiger charge is -1.98. The van der Waals surface area contributed by atoms with Crippen molar-refractivity contribution in [2.45, 2.75) is 12.8 Å². The van der Waals surface area contributed by atoms with Gasteiger partial charge in [0.25, 0.3) is 0 Å². The Hall–Kier alpha value is -0.350. The number of halogens is 1. The predicted octanol–water partition coefficient (Wildman–Crippen LogP) is 1.97. The molecule has 5 heteroatoms. The fourth-order valence-corrected chi connectivity index (χ4v) is 1.33. The molecule has 0 spiro atoms. The Morgan fingerprint density at radius 3 is 3.09 bits per heavy atom. The van der Waals surface area contributed by atoms with Crippen molar-refractivity contribution in [2.24, 2.45) is 0 Å². The van der Waals surface area contributed by atoms with Crippen molar-refractivity contribution in [1.29, 1.82) is 0 Å². The van der Waals surface area contributed by atoms with Gasteiger partial charge in [0, 0.05) is 12.4 Å². The van der Waals surface area contributed by atoms with Crippen molar-refractivity contribution >= 4 is 28.1 Å². The Labute approximate surface area is 74.8 Å². The Kier molecular flexibility index (Phi) is 4.23. The summed E-state index contributed by atoms with van der Waals surface area (Å²) in [6, 6.07) is 0. The van der Waals surface area contributed by atoms with Crippen LogP contribution in [0.1, 0.15) is 12.8 Å². The number of hydrogen-bond acceptors (Lipinski definition) is 4. The molecule has 0 radical (unpaired) electrons. The Balaban J connectivity index is 2.04. The summed E-state index contributed by atoms with van der Waals surface area (Å²) >= 11 is 7.02. The van der Waals surface area contributed by atoms with E-state index < -0.39 is 0 Å². The van der Waals surface area contributed by atoms with E-state index in [2.05, 4.69) is 15.5 Å². The van der Waals surface area contributed by atoms with Crippen LogP contribution in [-0.2, 0) is 0 Å². The van der Waals surface area contributed by atoms with E-state index in [0.29, 0.717) is 0 Å². The third-order valence-electron chi connectivity index (χ3n) is 1.20. The maximum atomic E-state index is 5.51. The number of hydrogen-bond donors (Lipinski definition) is 1. The minimum atomic E-state index is 0.734. The highest BCUT2D eigenvalue weighted by atomic mass is 35.5. The normalized spacial score (nSPS) is 9.91. The number of nitrogens with zero attached hydrogens (tertiary/aromatic N) is 2. The van der Waals surface area contributed by atoms with Gasteiger partial charge in [0.15, 0.2) is 0 Å². The van der Waals surface area contributed by atoms with Crippen LogP contribution in [0.4, 0.5) is 5.13 Å². The first-order chi connectivity index (χ1) is 5.43. The number of aromatic nitrogens is 2. The van der Waals surface area contributed by atoms with E-state index in [9.17, 15) is 0 Å². The fraction of sp³-hybridized carbons (Fsp3) is 0.667. The van der Waals surface area contributed by atoms with Crippen LogP contribution in [0.15, 0.2) is 5.51 Å². The van der Waals surface area contributed by atoms with Crippen LogP contribution in [-0.4, -0.2) is 22.6 Å². The van der Waals surface area contributed by atoms with Gasteiger partial charge in [0.2, 0.25) is 5.13 Å². The van der Waals surface area contributed by atoms with E-state index in [1.54, 1.807) is 5.51 Å². The summed E-state index contributed by atoms with van der Waals surface area (Å²) in [5.41, 5.74) is 1.71. The van der Waals surface area contributed by atoms with Crippen LogP contribution < -0.4 is 5.32 Å². The van der Waals surface area contributed by atoms with Gasteiger partial charge >= 0.3 is 0 Å². The summed E-state index contributed by atoms with van der Waals surface area (Å²) in [6.07, 6.45) is 2.14. The zero-order valence-corrected chi connectivity index (χ0v) is 7.66. The number of alkyl halides is 1. The predicted molar refractivity (Wildman–Crippen MR) is 48.4 cm³/mol. The van der Waals surface area contributed by atoms with Gasteiger partial charge in [-0.25, -0.2) is 0 Å². The lowest BCUT2D eigenvalue weighted by Crippen LogP contribution is -2.00. The van der Waals surface area contributed by atoms with Gasteiger partial charge in [-0.3, -0.25) is 0 Å². The maximum absolute atomic E-state index is 5.51. The smallest absolute Gasteiger partial charge is 0.205 e. The van der Waals surface area contributed by atoms with Gasteiger partial charge in [-0.05, 0) is 12.8 Å². The molecule has 0 bridgehead atoms. The van der Waals surface area contributed by atoms with E-state index in [0.717, 1.165) is 30.4 Å². The average Bonchev–Trinajstić information content (AvgIpc) is 2.50. The van der Waals surface area contributed by atoms with Gasteiger partial charge in [0.05, 0.1) is 0 Å². The van der Waals surface area contributed by atoms with Gasteiger partial charge in [-0.2, -0.15) is 0 Å². The molecule has 62 valence electrons. The summed E-state index contributed by atoms with van der Waals surface area (Å²) in [7, 11) is 0. The molecule has 0 aliphatic carbocycles. The average molecular weight is 192 g/mol. The molecule has 0 fully saturated rings. The summed E-state index contributed by atoms with van der Waals surface area (Å²) in [5.74, 6) is 0.734. The molecular weight excluding hydrogens is 182 g/mol. The first kappa shape index (κ1) is 8.74. The highest BCUT2D eigenvalue weighted by Crippen LogP contribution is 2.07. The third-order valence-corrected chi connectivity index (χ3v) is 2.11. The molecule has 1 heterocycles. The summed E-state index contributed by atoms with van der Waals surface area (Å²) in [5, 5.41) is 11.6. The molecule has 0 saturated heterocycles. The van der Waals surface area contributed by atoms with Gasteiger partial charge in [-0.1, -0.05) is 11.3 Å². The highest BCUT2D eigenvalue weighted by molar-refractivity contribution is 7.13. The Morgan fingerprint density at radius 2 is 2.45 bits per heavy atom. The molecule has 1 aromatic rings. The van der Waals surface area contributed by atoms with Gasteiger partial charge in [-0.15, -0.1) is 21.8 Å². The Bertz CT molecular complexity index is 178. The fourth-order valence-electron chi connectivity index (χ4n) is 0.665. The minimum absolute atomic E-state index is 0.734. The van der Waals surface area contributed by atoms with Crippen LogP contribution in [0.3, 0.4) is 0 Å². The molecule has 0 amide bonds. The second kappa shape index (κ2) is 5.32. The number of unbranched alkanes of at least 4 members (excludes halogenated alkanes) is 1. The zero-order chi connectivity index (χ0) is 7.94. The maximum Gasteiger partial charge on any atom is 0.205 e. The van der Waals surface area contributed by atoms with E-state index in [-0.39, 0.29) is 0 Å². The van der Waals surface area contributed by atoms with Crippen LogP contribution in [0.25, 0.3) is 0 Å². The zero-order valence-electron chi connectivity index (χ0n) is 6.09. The molecular formula is C6H10ClN3S. The molecule has 0 aliphatic heterocycles. The Morgan fingerprint density at radius 1 is 1.55 bits per heavy atom. The standard InChI is InChI=1S/C6H10ClN3S/c7-3-1-2-4-8-6-10-9-5-11-6/h5H,1-4H2,(H,8,10). The molecule has 3 nitrogen and oxygen atoms in total. The monoisotopic (exact) mass is 191 g/mol. The quantitative estimate of drug-likeness (QED) is 0.571. The molecule has 1 rings (SSSR count). The molecule has 1 N–H and O–H groups in total. The second-order valence-corrected chi connectivity index (χ2v) is 3.28. The largest absolute Gasteiger partial charge is 0.360 e. The van der Waals surface area contributed by atoms with Crippen molar-refractivity contribution in [3.8, 4) is 0 Å². The molecule has 0 aliphatic rings. The topological polar surface area (TPSA) is 37.8 Å². The third kappa shape index (κ3) is 3.53. The molecule has 0 aromatic carbocycles. The first-order valence-corrected chi connectivity index (χ1v) is 4.91. The summed E-state index contributed by atoms with van der Waals surface area (Å²) in [6.45, 7) is 0.932. The van der Waals surface area contributed by atoms with E-state index in [1.807, 2.05) is 0 Å². The number of anilines is 1. The first-order valence-electron chi connectivity index (χ1n) is 3.49. The molecule has 0 saturated carbocycles. The molecule has 1 aromatic heterocycles. The van der Waals surface area contributed by atoms with Crippen molar-refractivity contribution < 1.29 is 0 Å². The van der Waals surface area contributed by atoms with Crippen LogP contribution in [0.5, 0.6) is 0 Å². The highest BCUT2D eigenvalue weighted by Gasteiger charge is 1.92. The molecule has 0 unspecified atom stereocenters. The van der Waals surface area contributed by atoms with Crippen LogP contribution in [0, 0.1) is 0 Å². The number of nitrogens with one attached hydrogen (secondary N) is 1. The molecule has 0 atom stereocenters. The van der Waals surface area contributed by atoms with E-state index >= 15 is 0 Å². The molecule has 11 heavy (non-hydrogen) atoms.